The van der Waals surface area contributed by atoms with Crippen LogP contribution in [0.2, 0.25) is 0 Å². The van der Waals surface area contributed by atoms with E-state index < -0.39 is 11.9 Å². The molecule has 0 spiro atoms. The summed E-state index contributed by atoms with van der Waals surface area (Å²) in [6, 6.07) is 0. The number of rotatable bonds is 5. The summed E-state index contributed by atoms with van der Waals surface area (Å²) in [5.41, 5.74) is 0.329. The smallest absolute Gasteiger partial charge is 0.341 e. The number of hydrogen-bond donors (Lipinski definition) is 1. The molecule has 0 bridgehead atoms. The average Bonchev–Trinajstić information content (AvgIpc) is 2.77. The van der Waals surface area contributed by atoms with Crippen molar-refractivity contribution in [2.45, 2.75) is 13.8 Å². The van der Waals surface area contributed by atoms with Gasteiger partial charge in [0.05, 0.1) is 13.2 Å². The summed E-state index contributed by atoms with van der Waals surface area (Å²) in [5, 5.41) is 3.10. The zero-order chi connectivity index (χ0) is 14.3. The number of likely N-dealkylation sites (N-methyl/N-ethyl adjacent to an activating group) is 1. The van der Waals surface area contributed by atoms with E-state index in [2.05, 4.69) is 5.32 Å². The molecule has 6 heteroatoms. The van der Waals surface area contributed by atoms with E-state index in [1.54, 1.807) is 13.8 Å². The first-order valence-electron chi connectivity index (χ1n) is 6.31. The number of hydrogen-bond acceptors (Lipinski definition) is 6. The highest BCUT2D eigenvalue weighted by Crippen LogP contribution is 2.13. The molecule has 1 heterocycles. The lowest BCUT2D eigenvalue weighted by Crippen LogP contribution is -2.21. The SMILES string of the molecule is CCOC(=O)/C=C/C(C(=O)OCC)=C1/NCCN1C. The van der Waals surface area contributed by atoms with E-state index in [1.807, 2.05) is 11.9 Å². The summed E-state index contributed by atoms with van der Waals surface area (Å²) in [4.78, 5) is 25.1. The van der Waals surface area contributed by atoms with E-state index in [0.717, 1.165) is 13.1 Å². The van der Waals surface area contributed by atoms with Gasteiger partial charge in [-0.1, -0.05) is 0 Å². The third-order valence-corrected chi connectivity index (χ3v) is 2.54. The van der Waals surface area contributed by atoms with Crippen molar-refractivity contribution in [3.05, 3.63) is 23.5 Å². The van der Waals surface area contributed by atoms with Gasteiger partial charge < -0.3 is 19.7 Å². The Kier molecular flexibility index (Phi) is 5.92. The molecular weight excluding hydrogens is 248 g/mol. The summed E-state index contributed by atoms with van der Waals surface area (Å²) in [6.45, 7) is 5.59. The molecule has 0 atom stereocenters. The van der Waals surface area contributed by atoms with Crippen LogP contribution in [0, 0.1) is 0 Å². The summed E-state index contributed by atoms with van der Waals surface area (Å²) < 4.78 is 9.78. The second-order valence-corrected chi connectivity index (χ2v) is 3.92. The molecule has 0 saturated carbocycles. The molecule has 0 aliphatic carbocycles. The Morgan fingerprint density at radius 1 is 1.26 bits per heavy atom. The first kappa shape index (κ1) is 15.1. The van der Waals surface area contributed by atoms with Gasteiger partial charge in [0.25, 0.3) is 0 Å². The maximum absolute atomic E-state index is 11.9. The van der Waals surface area contributed by atoms with Gasteiger partial charge in [0, 0.05) is 26.2 Å². The summed E-state index contributed by atoms with van der Waals surface area (Å²) >= 11 is 0. The molecule has 0 radical (unpaired) electrons. The molecule has 6 nitrogen and oxygen atoms in total. The molecule has 1 N–H and O–H groups in total. The van der Waals surface area contributed by atoms with Gasteiger partial charge in [0.1, 0.15) is 11.4 Å². The van der Waals surface area contributed by atoms with Crippen molar-refractivity contribution in [2.24, 2.45) is 0 Å². The molecule has 0 aromatic carbocycles. The molecule has 0 aromatic rings. The normalized spacial score (nSPS) is 17.3. The number of ether oxygens (including phenoxy) is 2. The van der Waals surface area contributed by atoms with Gasteiger partial charge in [-0.3, -0.25) is 0 Å². The second-order valence-electron chi connectivity index (χ2n) is 3.92. The van der Waals surface area contributed by atoms with Crippen LogP contribution in [0.25, 0.3) is 0 Å². The third kappa shape index (κ3) is 4.31. The fourth-order valence-electron chi connectivity index (χ4n) is 1.68. The minimum absolute atomic E-state index is 0.284. The number of carbonyl (C=O) groups is 2. The lowest BCUT2D eigenvalue weighted by atomic mass is 10.2. The van der Waals surface area contributed by atoms with E-state index in [9.17, 15) is 9.59 Å². The molecule has 0 aromatic heterocycles. The number of esters is 2. The van der Waals surface area contributed by atoms with Crippen LogP contribution >= 0.6 is 0 Å². The number of carbonyl (C=O) groups excluding carboxylic acids is 2. The first-order chi connectivity index (χ1) is 9.10. The molecule has 106 valence electrons. The fourth-order valence-corrected chi connectivity index (χ4v) is 1.68. The summed E-state index contributed by atoms with van der Waals surface area (Å²) in [6.07, 6.45) is 2.66. The van der Waals surface area contributed by atoms with Gasteiger partial charge in [0.2, 0.25) is 0 Å². The Morgan fingerprint density at radius 2 is 1.95 bits per heavy atom. The van der Waals surface area contributed by atoms with Gasteiger partial charge in [-0.15, -0.1) is 0 Å². The van der Waals surface area contributed by atoms with Crippen molar-refractivity contribution >= 4 is 11.9 Å². The quantitative estimate of drug-likeness (QED) is 0.575. The minimum Gasteiger partial charge on any atom is -0.463 e. The predicted molar refractivity (Wildman–Crippen MR) is 70.1 cm³/mol. The molecule has 1 aliphatic heterocycles. The predicted octanol–water partition coefficient (Wildman–Crippen LogP) is 0.415. The van der Waals surface area contributed by atoms with Crippen molar-refractivity contribution in [3.8, 4) is 0 Å². The summed E-state index contributed by atoms with van der Waals surface area (Å²) in [5.74, 6) is -0.274. The first-order valence-corrected chi connectivity index (χ1v) is 6.31. The fraction of sp³-hybridized carbons (Fsp3) is 0.538. The van der Waals surface area contributed by atoms with E-state index >= 15 is 0 Å². The number of nitrogens with one attached hydrogen (secondary N) is 1. The van der Waals surface area contributed by atoms with E-state index in [4.69, 9.17) is 9.47 Å². The van der Waals surface area contributed by atoms with Crippen molar-refractivity contribution in [3.63, 3.8) is 0 Å². The van der Waals surface area contributed by atoms with Crippen molar-refractivity contribution < 1.29 is 19.1 Å². The summed E-state index contributed by atoms with van der Waals surface area (Å²) in [7, 11) is 1.87. The molecule has 0 unspecified atom stereocenters. The minimum atomic E-state index is -0.481. The largest absolute Gasteiger partial charge is 0.463 e. The third-order valence-electron chi connectivity index (χ3n) is 2.54. The van der Waals surface area contributed by atoms with Gasteiger partial charge >= 0.3 is 11.9 Å². The van der Waals surface area contributed by atoms with Gasteiger partial charge in [-0.05, 0) is 19.9 Å². The Hall–Kier alpha value is -1.98. The van der Waals surface area contributed by atoms with Crippen molar-refractivity contribution in [2.75, 3.05) is 33.4 Å². The topological polar surface area (TPSA) is 67.9 Å². The monoisotopic (exact) mass is 268 g/mol. The Balaban J connectivity index is 2.93. The maximum Gasteiger partial charge on any atom is 0.341 e. The lowest BCUT2D eigenvalue weighted by Gasteiger charge is -2.14. The van der Waals surface area contributed by atoms with Crippen molar-refractivity contribution in [1.82, 2.24) is 10.2 Å². The highest BCUT2D eigenvalue weighted by Gasteiger charge is 2.21. The van der Waals surface area contributed by atoms with Gasteiger partial charge in [-0.2, -0.15) is 0 Å². The average molecular weight is 268 g/mol. The van der Waals surface area contributed by atoms with Crippen LogP contribution in [0.1, 0.15) is 13.8 Å². The number of nitrogens with zero attached hydrogens (tertiary/aromatic N) is 1. The molecule has 19 heavy (non-hydrogen) atoms. The Bertz CT molecular complexity index is 401. The highest BCUT2D eigenvalue weighted by molar-refractivity contribution is 5.94. The van der Waals surface area contributed by atoms with E-state index in [-0.39, 0.29) is 6.61 Å². The zero-order valence-electron chi connectivity index (χ0n) is 11.6. The highest BCUT2D eigenvalue weighted by atomic mass is 16.5. The van der Waals surface area contributed by atoms with Crippen LogP contribution in [-0.2, 0) is 19.1 Å². The van der Waals surface area contributed by atoms with Crippen LogP contribution in [0.3, 0.4) is 0 Å². The lowest BCUT2D eigenvalue weighted by molar-refractivity contribution is -0.138. The van der Waals surface area contributed by atoms with Crippen LogP contribution in [-0.4, -0.2) is 50.2 Å². The van der Waals surface area contributed by atoms with Crippen LogP contribution < -0.4 is 5.32 Å². The molecule has 0 amide bonds. The maximum atomic E-state index is 11.9. The van der Waals surface area contributed by atoms with E-state index in [0.29, 0.717) is 18.0 Å². The molecule has 1 saturated heterocycles. The second kappa shape index (κ2) is 7.45. The molecular formula is C13H20N2O4. The zero-order valence-corrected chi connectivity index (χ0v) is 11.6. The Morgan fingerprint density at radius 3 is 2.47 bits per heavy atom. The molecule has 1 aliphatic rings. The molecule has 1 fully saturated rings. The van der Waals surface area contributed by atoms with E-state index in [1.165, 1.54) is 12.2 Å². The Labute approximate surface area is 113 Å². The molecule has 1 rings (SSSR count). The van der Waals surface area contributed by atoms with Gasteiger partial charge in [0.15, 0.2) is 0 Å². The van der Waals surface area contributed by atoms with Crippen molar-refractivity contribution in [1.29, 1.82) is 0 Å². The standard InChI is InChI=1S/C13H20N2O4/c1-4-18-11(16)7-6-10(13(17)19-5-2)12-14-8-9-15(12)3/h6-7,14H,4-5,8-9H2,1-3H3/b7-6+,12-10+. The van der Waals surface area contributed by atoms with Crippen LogP contribution in [0.5, 0.6) is 0 Å². The van der Waals surface area contributed by atoms with Crippen LogP contribution in [0.15, 0.2) is 23.5 Å². The van der Waals surface area contributed by atoms with Crippen LogP contribution in [0.4, 0.5) is 0 Å². The van der Waals surface area contributed by atoms with Gasteiger partial charge in [-0.25, -0.2) is 9.59 Å².